The predicted molar refractivity (Wildman–Crippen MR) is 161 cm³/mol. The number of methoxy groups -OCH3 is 3. The first-order valence-electron chi connectivity index (χ1n) is 13.6. The number of fused-ring (bicyclic) bond motifs is 6. The van der Waals surface area contributed by atoms with Gasteiger partial charge < -0.3 is 23.8 Å². The first-order chi connectivity index (χ1) is 21.2. The summed E-state index contributed by atoms with van der Waals surface area (Å²) in [5, 5.41) is 10.9. The SMILES string of the molecule is COc1ccc(C2c3c(ccc4ccccc34)Oc3ncn4nc(CO/N=C/c5ccc(OC)c(OC)c5)nc4c32)cc1. The maximum Gasteiger partial charge on any atom is 0.228 e. The molecule has 1 aliphatic heterocycles. The molecule has 2 aromatic heterocycles. The second-order valence-corrected chi connectivity index (χ2v) is 9.89. The number of nitrogens with zero attached hydrogens (tertiary/aromatic N) is 5. The monoisotopic (exact) mass is 573 g/mol. The highest BCUT2D eigenvalue weighted by Crippen LogP contribution is 2.50. The number of benzene rings is 4. The van der Waals surface area contributed by atoms with Gasteiger partial charge in [-0.15, -0.1) is 5.10 Å². The lowest BCUT2D eigenvalue weighted by Gasteiger charge is -2.29. The van der Waals surface area contributed by atoms with Gasteiger partial charge in [-0.1, -0.05) is 47.6 Å². The van der Waals surface area contributed by atoms with E-state index in [1.165, 1.54) is 0 Å². The predicted octanol–water partition coefficient (Wildman–Crippen LogP) is 6.14. The first kappa shape index (κ1) is 26.3. The van der Waals surface area contributed by atoms with E-state index in [1.807, 2.05) is 48.5 Å². The molecule has 0 N–H and O–H groups in total. The zero-order chi connectivity index (χ0) is 29.3. The third-order valence-corrected chi connectivity index (χ3v) is 7.47. The van der Waals surface area contributed by atoms with Gasteiger partial charge in [-0.25, -0.2) is 14.5 Å². The van der Waals surface area contributed by atoms with E-state index in [2.05, 4.69) is 45.6 Å². The van der Waals surface area contributed by atoms with Crippen LogP contribution in [0.5, 0.6) is 28.9 Å². The molecule has 7 rings (SSSR count). The van der Waals surface area contributed by atoms with E-state index in [0.29, 0.717) is 28.9 Å². The molecule has 0 saturated heterocycles. The summed E-state index contributed by atoms with van der Waals surface area (Å²) in [5.74, 6) is 3.51. The van der Waals surface area contributed by atoms with Crippen LogP contribution in [0.2, 0.25) is 0 Å². The number of hydrogen-bond donors (Lipinski definition) is 0. The summed E-state index contributed by atoms with van der Waals surface area (Å²) < 4.78 is 24.1. The number of oxime groups is 1. The molecule has 10 heteroatoms. The summed E-state index contributed by atoms with van der Waals surface area (Å²) in [4.78, 5) is 15.1. The Labute approximate surface area is 247 Å². The van der Waals surface area contributed by atoms with Gasteiger partial charge in [0.25, 0.3) is 0 Å². The van der Waals surface area contributed by atoms with Crippen molar-refractivity contribution in [2.24, 2.45) is 5.16 Å². The highest BCUT2D eigenvalue weighted by molar-refractivity contribution is 5.90. The average molecular weight is 574 g/mol. The van der Waals surface area contributed by atoms with Crippen molar-refractivity contribution in [1.29, 1.82) is 0 Å². The van der Waals surface area contributed by atoms with Crippen LogP contribution in [0.1, 0.15) is 34.0 Å². The highest BCUT2D eigenvalue weighted by Gasteiger charge is 2.34. The van der Waals surface area contributed by atoms with Crippen molar-refractivity contribution in [2.75, 3.05) is 21.3 Å². The van der Waals surface area contributed by atoms with Gasteiger partial charge in [0, 0.05) is 17.0 Å². The van der Waals surface area contributed by atoms with Crippen LogP contribution in [0, 0.1) is 0 Å². The number of rotatable bonds is 8. The standard InChI is InChI=1S/C33H27N5O5/c1-39-23-12-9-22(10-13-23)29-30-24-7-5-4-6-21(24)11-15-26(30)43-33-31(29)32-36-28(37-38(32)19-34-33)18-42-35-17-20-8-14-25(40-2)27(16-20)41-3/h4-17,19,29H,18H2,1-3H3/b35-17+. The second kappa shape index (κ2) is 11.0. The van der Waals surface area contributed by atoms with Gasteiger partial charge in [0.15, 0.2) is 29.6 Å². The number of hydrogen-bond acceptors (Lipinski definition) is 9. The molecule has 3 heterocycles. The van der Waals surface area contributed by atoms with Gasteiger partial charge in [0.2, 0.25) is 5.88 Å². The normalized spacial score (nSPS) is 13.9. The van der Waals surface area contributed by atoms with Crippen molar-refractivity contribution >= 4 is 22.6 Å². The van der Waals surface area contributed by atoms with E-state index in [-0.39, 0.29) is 12.5 Å². The van der Waals surface area contributed by atoms with E-state index in [1.54, 1.807) is 38.4 Å². The Bertz CT molecular complexity index is 1990. The van der Waals surface area contributed by atoms with Crippen LogP contribution in [0.3, 0.4) is 0 Å². The zero-order valence-electron chi connectivity index (χ0n) is 23.7. The van der Waals surface area contributed by atoms with Crippen molar-refractivity contribution in [2.45, 2.75) is 12.5 Å². The molecule has 10 nitrogen and oxygen atoms in total. The molecule has 0 spiro atoms. The van der Waals surface area contributed by atoms with Crippen LogP contribution in [0.25, 0.3) is 16.4 Å². The van der Waals surface area contributed by atoms with Gasteiger partial charge >= 0.3 is 0 Å². The highest BCUT2D eigenvalue weighted by atomic mass is 16.6. The summed E-state index contributed by atoms with van der Waals surface area (Å²) in [5.41, 5.74) is 4.35. The van der Waals surface area contributed by atoms with Gasteiger partial charge in [-0.05, 0) is 52.7 Å². The third-order valence-electron chi connectivity index (χ3n) is 7.47. The zero-order valence-corrected chi connectivity index (χ0v) is 23.7. The number of aromatic nitrogens is 4. The fraction of sp³-hybridized carbons (Fsp3) is 0.152. The van der Waals surface area contributed by atoms with Gasteiger partial charge in [-0.2, -0.15) is 0 Å². The maximum atomic E-state index is 6.39. The molecule has 0 radical (unpaired) electrons. The van der Waals surface area contributed by atoms with Gasteiger partial charge in [0.05, 0.1) is 33.1 Å². The topological polar surface area (TPSA) is 102 Å². The maximum absolute atomic E-state index is 6.39. The van der Waals surface area contributed by atoms with Crippen LogP contribution in [0.15, 0.2) is 90.3 Å². The van der Waals surface area contributed by atoms with Gasteiger partial charge in [0.1, 0.15) is 17.8 Å². The van der Waals surface area contributed by atoms with E-state index in [0.717, 1.165) is 44.5 Å². The van der Waals surface area contributed by atoms with E-state index >= 15 is 0 Å². The Morgan fingerprint density at radius 3 is 2.53 bits per heavy atom. The van der Waals surface area contributed by atoms with E-state index in [4.69, 9.17) is 28.8 Å². The lowest BCUT2D eigenvalue weighted by molar-refractivity contribution is 0.126. The summed E-state index contributed by atoms with van der Waals surface area (Å²) in [6, 6.07) is 25.9. The molecule has 1 atom stereocenters. The van der Waals surface area contributed by atoms with Crippen molar-refractivity contribution < 1.29 is 23.8 Å². The molecule has 43 heavy (non-hydrogen) atoms. The Kier molecular flexibility index (Phi) is 6.71. The lowest BCUT2D eigenvalue weighted by Crippen LogP contribution is -2.15. The smallest absolute Gasteiger partial charge is 0.228 e. The Morgan fingerprint density at radius 2 is 1.72 bits per heavy atom. The summed E-state index contributed by atoms with van der Waals surface area (Å²) in [6.07, 6.45) is 3.20. The molecule has 0 amide bonds. The van der Waals surface area contributed by atoms with Crippen molar-refractivity contribution in [1.82, 2.24) is 19.6 Å². The summed E-state index contributed by atoms with van der Waals surface area (Å²) >= 11 is 0. The molecule has 1 unspecified atom stereocenters. The first-order valence-corrected chi connectivity index (χ1v) is 13.6. The second-order valence-electron chi connectivity index (χ2n) is 9.89. The minimum atomic E-state index is -0.215. The van der Waals surface area contributed by atoms with Gasteiger partial charge in [-0.3, -0.25) is 0 Å². The Morgan fingerprint density at radius 1 is 0.884 bits per heavy atom. The summed E-state index contributed by atoms with van der Waals surface area (Å²) in [7, 11) is 4.84. The molecule has 214 valence electrons. The fourth-order valence-corrected chi connectivity index (χ4v) is 5.47. The average Bonchev–Trinajstić information content (AvgIpc) is 3.49. The molecule has 0 bridgehead atoms. The minimum Gasteiger partial charge on any atom is -0.497 e. The van der Waals surface area contributed by atoms with Crippen molar-refractivity contribution in [3.05, 3.63) is 113 Å². The van der Waals surface area contributed by atoms with Crippen LogP contribution in [0.4, 0.5) is 0 Å². The third kappa shape index (κ3) is 4.72. The lowest BCUT2D eigenvalue weighted by atomic mass is 9.81. The molecule has 0 fully saturated rings. The molecular formula is C33H27N5O5. The molecule has 0 saturated carbocycles. The summed E-state index contributed by atoms with van der Waals surface area (Å²) in [6.45, 7) is 0.0633. The van der Waals surface area contributed by atoms with Crippen LogP contribution >= 0.6 is 0 Å². The van der Waals surface area contributed by atoms with Crippen molar-refractivity contribution in [3.63, 3.8) is 0 Å². The van der Waals surface area contributed by atoms with Crippen LogP contribution in [-0.2, 0) is 11.4 Å². The molecule has 0 aliphatic carbocycles. The van der Waals surface area contributed by atoms with Crippen molar-refractivity contribution in [3.8, 4) is 28.9 Å². The van der Waals surface area contributed by atoms with Crippen LogP contribution < -0.4 is 18.9 Å². The molecule has 4 aromatic carbocycles. The van der Waals surface area contributed by atoms with E-state index in [9.17, 15) is 0 Å². The molecule has 6 aromatic rings. The Balaban J connectivity index is 1.26. The van der Waals surface area contributed by atoms with E-state index < -0.39 is 0 Å². The largest absolute Gasteiger partial charge is 0.497 e. The quantitative estimate of drug-likeness (QED) is 0.158. The molecular weight excluding hydrogens is 546 g/mol. The van der Waals surface area contributed by atoms with Crippen LogP contribution in [-0.4, -0.2) is 47.1 Å². The fourth-order valence-electron chi connectivity index (χ4n) is 5.47. The number of ether oxygens (including phenoxy) is 4. The Hall–Kier alpha value is -5.64. The molecule has 1 aliphatic rings. The minimum absolute atomic E-state index is 0.0633.